The molecule has 3 aromatic rings. The van der Waals surface area contributed by atoms with Gasteiger partial charge in [0.25, 0.3) is 0 Å². The van der Waals surface area contributed by atoms with Crippen LogP contribution >= 0.6 is 0 Å². The summed E-state index contributed by atoms with van der Waals surface area (Å²) in [5.74, 6) is 1.32. The first kappa shape index (κ1) is 18.0. The van der Waals surface area contributed by atoms with Gasteiger partial charge in [0.2, 0.25) is 0 Å². The van der Waals surface area contributed by atoms with Crippen LogP contribution in [-0.4, -0.2) is 22.3 Å². The minimum absolute atomic E-state index is 0.0625. The number of nitrogens with zero attached hydrogens (tertiary/aromatic N) is 3. The summed E-state index contributed by atoms with van der Waals surface area (Å²) in [6.07, 6.45) is 2.68. The minimum atomic E-state index is -0.485. The molecule has 0 fully saturated rings. The second kappa shape index (κ2) is 6.96. The number of anilines is 2. The average Bonchev–Trinajstić information content (AvgIpc) is 3.20. The van der Waals surface area contributed by atoms with Gasteiger partial charge in [-0.05, 0) is 28.7 Å². The lowest BCUT2D eigenvalue weighted by molar-refractivity contribution is -0.109. The topological polar surface area (TPSA) is 73.4 Å². The van der Waals surface area contributed by atoms with Crippen molar-refractivity contribution in [2.24, 2.45) is 5.10 Å². The van der Waals surface area contributed by atoms with Crippen molar-refractivity contribution < 1.29 is 4.79 Å². The highest BCUT2D eigenvalue weighted by Gasteiger charge is 2.30. The van der Waals surface area contributed by atoms with Crippen molar-refractivity contribution in [1.82, 2.24) is 10.2 Å². The molecule has 4 rings (SSSR count). The highest BCUT2D eigenvalue weighted by molar-refractivity contribution is 6.11. The lowest BCUT2D eigenvalue weighted by Gasteiger charge is -2.32. The van der Waals surface area contributed by atoms with Crippen LogP contribution in [0.3, 0.4) is 0 Å². The smallest absolute Gasteiger partial charge is 0.159 e. The third-order valence-corrected chi connectivity index (χ3v) is 4.88. The SMILES string of the molecule is CC(C)(C)c1ccc(N2N=C(Nc3cc[nH]n3)c3ccccc3C2C=O)cc1. The van der Waals surface area contributed by atoms with E-state index in [1.54, 1.807) is 11.2 Å². The summed E-state index contributed by atoms with van der Waals surface area (Å²) in [6, 6.07) is 17.4. The van der Waals surface area contributed by atoms with Gasteiger partial charge in [0, 0.05) is 17.8 Å². The van der Waals surface area contributed by atoms with Gasteiger partial charge in [-0.1, -0.05) is 57.2 Å². The third-order valence-electron chi connectivity index (χ3n) is 4.88. The minimum Gasteiger partial charge on any atom is -0.322 e. The number of H-pyrrole nitrogens is 1. The molecule has 2 N–H and O–H groups in total. The van der Waals surface area contributed by atoms with Crippen LogP contribution in [0.4, 0.5) is 11.5 Å². The molecule has 1 aliphatic rings. The molecule has 0 aliphatic carbocycles. The van der Waals surface area contributed by atoms with Gasteiger partial charge in [-0.3, -0.25) is 5.10 Å². The highest BCUT2D eigenvalue weighted by atomic mass is 16.1. The normalized spacial score (nSPS) is 16.3. The van der Waals surface area contributed by atoms with Crippen molar-refractivity contribution in [1.29, 1.82) is 0 Å². The summed E-state index contributed by atoms with van der Waals surface area (Å²) < 4.78 is 0. The maximum Gasteiger partial charge on any atom is 0.159 e. The number of hydrazone groups is 1. The van der Waals surface area contributed by atoms with Crippen LogP contribution < -0.4 is 10.3 Å². The van der Waals surface area contributed by atoms with E-state index in [-0.39, 0.29) is 5.41 Å². The number of rotatable bonds is 3. The average molecular weight is 373 g/mol. The molecule has 0 saturated carbocycles. The fourth-order valence-corrected chi connectivity index (χ4v) is 3.33. The largest absolute Gasteiger partial charge is 0.322 e. The Morgan fingerprint density at radius 2 is 1.82 bits per heavy atom. The molecule has 2 aromatic carbocycles. The second-order valence-electron chi connectivity index (χ2n) is 7.84. The van der Waals surface area contributed by atoms with Crippen LogP contribution in [0.15, 0.2) is 65.9 Å². The molecule has 1 atom stereocenters. The third kappa shape index (κ3) is 3.29. The number of carbonyl (C=O) groups excluding carboxylic acids is 1. The molecule has 1 aromatic heterocycles. The number of aromatic nitrogens is 2. The van der Waals surface area contributed by atoms with Crippen LogP contribution in [-0.2, 0) is 10.2 Å². The summed E-state index contributed by atoms with van der Waals surface area (Å²) in [5, 5.41) is 16.7. The summed E-state index contributed by atoms with van der Waals surface area (Å²) >= 11 is 0. The molecular weight excluding hydrogens is 350 g/mol. The number of nitrogens with one attached hydrogen (secondary N) is 2. The number of aldehydes is 1. The number of fused-ring (bicyclic) bond motifs is 1. The van der Waals surface area contributed by atoms with Crippen molar-refractivity contribution in [3.8, 4) is 0 Å². The predicted molar refractivity (Wildman–Crippen MR) is 112 cm³/mol. The zero-order valence-corrected chi connectivity index (χ0v) is 16.2. The van der Waals surface area contributed by atoms with Gasteiger partial charge in [-0.2, -0.15) is 10.2 Å². The van der Waals surface area contributed by atoms with Crippen molar-refractivity contribution in [2.75, 3.05) is 10.3 Å². The molecule has 1 unspecified atom stereocenters. The molecule has 0 bridgehead atoms. The Morgan fingerprint density at radius 3 is 2.46 bits per heavy atom. The van der Waals surface area contributed by atoms with Crippen LogP contribution in [0.25, 0.3) is 0 Å². The molecule has 28 heavy (non-hydrogen) atoms. The Labute approximate surface area is 164 Å². The lowest BCUT2D eigenvalue weighted by atomic mass is 9.87. The van der Waals surface area contributed by atoms with Crippen LogP contribution in [0.5, 0.6) is 0 Å². The number of hydrogen-bond acceptors (Lipinski definition) is 5. The number of benzene rings is 2. The van der Waals surface area contributed by atoms with E-state index in [2.05, 4.69) is 48.4 Å². The van der Waals surface area contributed by atoms with Gasteiger partial charge in [-0.15, -0.1) is 0 Å². The fourth-order valence-electron chi connectivity index (χ4n) is 3.33. The summed E-state index contributed by atoms with van der Waals surface area (Å²) in [6.45, 7) is 6.53. The van der Waals surface area contributed by atoms with E-state index in [0.29, 0.717) is 11.7 Å². The number of aromatic amines is 1. The molecule has 0 amide bonds. The van der Waals surface area contributed by atoms with Gasteiger partial charge in [-0.25, -0.2) is 5.01 Å². The zero-order chi connectivity index (χ0) is 19.7. The van der Waals surface area contributed by atoms with E-state index in [4.69, 9.17) is 5.10 Å². The molecule has 142 valence electrons. The second-order valence-corrected chi connectivity index (χ2v) is 7.84. The maximum absolute atomic E-state index is 12.0. The number of amidine groups is 1. The van der Waals surface area contributed by atoms with Crippen molar-refractivity contribution >= 4 is 23.6 Å². The van der Waals surface area contributed by atoms with E-state index in [1.807, 2.05) is 42.5 Å². The molecule has 2 heterocycles. The molecule has 1 aliphatic heterocycles. The number of carbonyl (C=O) groups is 1. The van der Waals surface area contributed by atoms with Crippen LogP contribution in [0, 0.1) is 0 Å². The van der Waals surface area contributed by atoms with E-state index in [1.165, 1.54) is 5.56 Å². The Kier molecular flexibility index (Phi) is 4.47. The molecule has 0 saturated heterocycles. The molecule has 6 heteroatoms. The highest BCUT2D eigenvalue weighted by Crippen LogP contribution is 2.34. The monoisotopic (exact) mass is 373 g/mol. The van der Waals surface area contributed by atoms with Crippen molar-refractivity contribution in [2.45, 2.75) is 32.2 Å². The first-order valence-corrected chi connectivity index (χ1v) is 9.27. The summed E-state index contributed by atoms with van der Waals surface area (Å²) in [4.78, 5) is 12.0. The predicted octanol–water partition coefficient (Wildman–Crippen LogP) is 4.24. The Bertz CT molecular complexity index is 1000. The lowest BCUT2D eigenvalue weighted by Crippen LogP contribution is -2.34. The van der Waals surface area contributed by atoms with Gasteiger partial charge >= 0.3 is 0 Å². The molecule has 6 nitrogen and oxygen atoms in total. The Morgan fingerprint density at radius 1 is 1.07 bits per heavy atom. The van der Waals surface area contributed by atoms with E-state index in [9.17, 15) is 4.79 Å². The van der Waals surface area contributed by atoms with Crippen LogP contribution in [0.1, 0.15) is 43.5 Å². The van der Waals surface area contributed by atoms with Crippen molar-refractivity contribution in [3.63, 3.8) is 0 Å². The van der Waals surface area contributed by atoms with Gasteiger partial charge < -0.3 is 10.1 Å². The van der Waals surface area contributed by atoms with Crippen LogP contribution in [0.2, 0.25) is 0 Å². The van der Waals surface area contributed by atoms with E-state index in [0.717, 1.165) is 23.1 Å². The Balaban J connectivity index is 1.78. The van der Waals surface area contributed by atoms with Crippen molar-refractivity contribution in [3.05, 3.63) is 77.5 Å². The zero-order valence-electron chi connectivity index (χ0n) is 16.2. The summed E-state index contributed by atoms with van der Waals surface area (Å²) in [7, 11) is 0. The summed E-state index contributed by atoms with van der Waals surface area (Å²) in [5.41, 5.74) is 3.96. The standard InChI is InChI=1S/C22H23N5O/c1-22(2,3)15-8-10-16(11-9-15)27-19(14-28)17-6-4-5-7-18(17)21(26-27)24-20-12-13-23-25-20/h4-14,19H,1-3H3,(H2,23,24,25,26). The van der Waals surface area contributed by atoms with Gasteiger partial charge in [0.15, 0.2) is 11.7 Å². The fraction of sp³-hybridized carbons (Fsp3) is 0.227. The quantitative estimate of drug-likeness (QED) is 0.674. The number of hydrogen-bond donors (Lipinski definition) is 2. The van der Waals surface area contributed by atoms with Gasteiger partial charge in [0.05, 0.1) is 5.69 Å². The first-order chi connectivity index (χ1) is 13.5. The van der Waals surface area contributed by atoms with E-state index >= 15 is 0 Å². The van der Waals surface area contributed by atoms with Gasteiger partial charge in [0.1, 0.15) is 12.3 Å². The molecule has 0 spiro atoms. The molecular formula is C22H23N5O. The van der Waals surface area contributed by atoms with E-state index < -0.39 is 6.04 Å². The first-order valence-electron chi connectivity index (χ1n) is 9.27. The maximum atomic E-state index is 12.0. The Hall–Kier alpha value is -3.41. The molecule has 0 radical (unpaired) electrons.